The average Bonchev–Trinajstić information content (AvgIpc) is 2.09. The molecule has 2 N–H and O–H groups in total. The molecule has 0 spiro atoms. The van der Waals surface area contributed by atoms with Gasteiger partial charge in [-0.05, 0) is 0 Å². The largest absolute Gasteiger partial charge is 0.481 e. The Balaban J connectivity index is 3.08. The van der Waals surface area contributed by atoms with E-state index in [0.29, 0.717) is 0 Å². The highest BCUT2D eigenvalue weighted by Gasteiger charge is 2.13. The highest BCUT2D eigenvalue weighted by Crippen LogP contribution is 2.20. The van der Waals surface area contributed by atoms with E-state index in [9.17, 15) is 9.59 Å². The molecule has 0 aromatic carbocycles. The number of hydrogen-bond donors (Lipinski definition) is 2. The van der Waals surface area contributed by atoms with Gasteiger partial charge < -0.3 is 10.4 Å². The van der Waals surface area contributed by atoms with Crippen molar-refractivity contribution >= 4 is 29.3 Å². The minimum atomic E-state index is -1.07. The molecule has 1 rings (SSSR count). The number of aromatic nitrogens is 2. The first-order chi connectivity index (χ1) is 7.00. The molecule has 0 saturated heterocycles. The van der Waals surface area contributed by atoms with Crippen LogP contribution in [0.4, 0.5) is 5.82 Å². The van der Waals surface area contributed by atoms with Crippen molar-refractivity contribution in [3.8, 4) is 0 Å². The average molecular weight is 230 g/mol. The van der Waals surface area contributed by atoms with Crippen molar-refractivity contribution in [1.82, 2.24) is 9.97 Å². The minimum Gasteiger partial charge on any atom is -0.481 e. The summed E-state index contributed by atoms with van der Waals surface area (Å²) in [4.78, 5) is 28.7. The van der Waals surface area contributed by atoms with Gasteiger partial charge in [0.15, 0.2) is 0 Å². The second kappa shape index (κ2) is 4.70. The van der Waals surface area contributed by atoms with Crippen LogP contribution in [0.5, 0.6) is 0 Å². The Morgan fingerprint density at radius 3 is 2.73 bits per heavy atom. The van der Waals surface area contributed by atoms with Gasteiger partial charge in [0.2, 0.25) is 5.91 Å². The van der Waals surface area contributed by atoms with Crippen LogP contribution in [0.25, 0.3) is 0 Å². The number of nitrogens with zero attached hydrogens (tertiary/aromatic N) is 2. The van der Waals surface area contributed by atoms with Crippen molar-refractivity contribution in [3.05, 3.63) is 17.0 Å². The van der Waals surface area contributed by atoms with Crippen LogP contribution in [0.1, 0.15) is 12.5 Å². The van der Waals surface area contributed by atoms with Gasteiger partial charge in [-0.2, -0.15) is 0 Å². The van der Waals surface area contributed by atoms with E-state index in [-0.39, 0.29) is 28.9 Å². The predicted molar refractivity (Wildman–Crippen MR) is 52.7 cm³/mol. The summed E-state index contributed by atoms with van der Waals surface area (Å²) in [6.45, 7) is 1.29. The van der Waals surface area contributed by atoms with Crippen LogP contribution >= 0.6 is 11.6 Å². The van der Waals surface area contributed by atoms with Gasteiger partial charge in [-0.15, -0.1) is 0 Å². The summed E-state index contributed by atoms with van der Waals surface area (Å²) in [7, 11) is 0. The molecule has 0 atom stereocenters. The second-order valence-electron chi connectivity index (χ2n) is 2.74. The standard InChI is InChI=1S/C8H8ClN3O3/c1-4(13)12-8-5(2-6(14)15)7(9)10-3-11-8/h3H,2H2,1H3,(H,14,15)(H,10,11,12,13). The summed E-state index contributed by atoms with van der Waals surface area (Å²) in [5, 5.41) is 11.0. The third-order valence-electron chi connectivity index (χ3n) is 1.52. The second-order valence-corrected chi connectivity index (χ2v) is 3.10. The van der Waals surface area contributed by atoms with Gasteiger partial charge in [-0.25, -0.2) is 9.97 Å². The molecule has 0 bridgehead atoms. The summed E-state index contributed by atoms with van der Waals surface area (Å²) >= 11 is 5.69. The molecule has 1 aromatic rings. The molecule has 0 unspecified atom stereocenters. The molecular weight excluding hydrogens is 222 g/mol. The van der Waals surface area contributed by atoms with Gasteiger partial charge in [-0.3, -0.25) is 9.59 Å². The molecule has 1 amide bonds. The molecule has 6 nitrogen and oxygen atoms in total. The van der Waals surface area contributed by atoms with Crippen LogP contribution in [-0.2, 0) is 16.0 Å². The minimum absolute atomic E-state index is 0.0242. The first-order valence-electron chi connectivity index (χ1n) is 3.99. The number of carboxylic acids is 1. The number of hydrogen-bond acceptors (Lipinski definition) is 4. The third kappa shape index (κ3) is 3.17. The number of amides is 1. The maximum Gasteiger partial charge on any atom is 0.308 e. The predicted octanol–water partition coefficient (Wildman–Crippen LogP) is 0.715. The summed E-state index contributed by atoms with van der Waals surface area (Å²) in [5.41, 5.74) is 0.196. The fourth-order valence-electron chi connectivity index (χ4n) is 0.973. The Morgan fingerprint density at radius 2 is 2.20 bits per heavy atom. The van der Waals surface area contributed by atoms with E-state index < -0.39 is 5.97 Å². The van der Waals surface area contributed by atoms with Gasteiger partial charge in [-0.1, -0.05) is 11.6 Å². The zero-order valence-corrected chi connectivity index (χ0v) is 8.58. The Hall–Kier alpha value is -1.69. The van der Waals surface area contributed by atoms with Crippen molar-refractivity contribution in [2.45, 2.75) is 13.3 Å². The molecule has 1 heterocycles. The van der Waals surface area contributed by atoms with Gasteiger partial charge in [0.1, 0.15) is 17.3 Å². The summed E-state index contributed by atoms with van der Waals surface area (Å²) in [5.74, 6) is -1.29. The number of anilines is 1. The van der Waals surface area contributed by atoms with Crippen LogP contribution in [0.15, 0.2) is 6.33 Å². The molecule has 0 saturated carbocycles. The number of carbonyl (C=O) groups excluding carboxylic acids is 1. The monoisotopic (exact) mass is 229 g/mol. The molecule has 0 aliphatic carbocycles. The molecule has 0 aliphatic rings. The topological polar surface area (TPSA) is 92.2 Å². The highest BCUT2D eigenvalue weighted by atomic mass is 35.5. The van der Waals surface area contributed by atoms with E-state index in [0.717, 1.165) is 6.33 Å². The van der Waals surface area contributed by atoms with Crippen LogP contribution in [-0.4, -0.2) is 27.0 Å². The molecule has 0 aliphatic heterocycles. The number of nitrogens with one attached hydrogen (secondary N) is 1. The summed E-state index contributed by atoms with van der Waals surface area (Å²) < 4.78 is 0. The Bertz CT molecular complexity index is 408. The number of carboxylic acid groups (broad SMARTS) is 1. The van der Waals surface area contributed by atoms with Crippen LogP contribution in [0, 0.1) is 0 Å². The normalized spacial score (nSPS) is 9.73. The van der Waals surface area contributed by atoms with E-state index in [4.69, 9.17) is 16.7 Å². The van der Waals surface area contributed by atoms with E-state index >= 15 is 0 Å². The van der Waals surface area contributed by atoms with Crippen LogP contribution in [0.2, 0.25) is 5.15 Å². The van der Waals surface area contributed by atoms with Crippen LogP contribution < -0.4 is 5.32 Å². The number of halogens is 1. The van der Waals surface area contributed by atoms with Gasteiger partial charge >= 0.3 is 5.97 Å². The summed E-state index contributed by atoms with van der Waals surface area (Å²) in [6, 6.07) is 0. The smallest absolute Gasteiger partial charge is 0.308 e. The van der Waals surface area contributed by atoms with Gasteiger partial charge in [0.05, 0.1) is 6.42 Å². The van der Waals surface area contributed by atoms with Crippen molar-refractivity contribution in [2.75, 3.05) is 5.32 Å². The molecule has 15 heavy (non-hydrogen) atoms. The quantitative estimate of drug-likeness (QED) is 0.745. The fraction of sp³-hybridized carbons (Fsp3) is 0.250. The van der Waals surface area contributed by atoms with Gasteiger partial charge in [0, 0.05) is 12.5 Å². The number of aliphatic carboxylic acids is 1. The molecule has 7 heteroatoms. The number of carbonyl (C=O) groups is 2. The van der Waals surface area contributed by atoms with Gasteiger partial charge in [0.25, 0.3) is 0 Å². The number of rotatable bonds is 3. The fourth-order valence-corrected chi connectivity index (χ4v) is 1.17. The lowest BCUT2D eigenvalue weighted by atomic mass is 10.2. The zero-order valence-electron chi connectivity index (χ0n) is 7.82. The lowest BCUT2D eigenvalue weighted by molar-refractivity contribution is -0.136. The zero-order chi connectivity index (χ0) is 11.4. The molecule has 0 radical (unpaired) electrons. The van der Waals surface area contributed by atoms with Crippen molar-refractivity contribution in [2.24, 2.45) is 0 Å². The Kier molecular flexibility index (Phi) is 3.56. The van der Waals surface area contributed by atoms with Crippen molar-refractivity contribution < 1.29 is 14.7 Å². The molecule has 80 valence electrons. The summed E-state index contributed by atoms with van der Waals surface area (Å²) in [6.07, 6.45) is 0.814. The Labute approximate surface area is 90.3 Å². The molecule has 1 aromatic heterocycles. The van der Waals surface area contributed by atoms with Crippen LogP contribution in [0.3, 0.4) is 0 Å². The maximum atomic E-state index is 10.8. The van der Waals surface area contributed by atoms with E-state index in [1.165, 1.54) is 6.92 Å². The van der Waals surface area contributed by atoms with Crippen molar-refractivity contribution in [3.63, 3.8) is 0 Å². The molecular formula is C8H8ClN3O3. The lowest BCUT2D eigenvalue weighted by Crippen LogP contribution is -2.13. The van der Waals surface area contributed by atoms with Crippen molar-refractivity contribution in [1.29, 1.82) is 0 Å². The van der Waals surface area contributed by atoms with E-state index in [1.54, 1.807) is 0 Å². The lowest BCUT2D eigenvalue weighted by Gasteiger charge is -2.07. The Morgan fingerprint density at radius 1 is 1.53 bits per heavy atom. The third-order valence-corrected chi connectivity index (χ3v) is 1.84. The van der Waals surface area contributed by atoms with E-state index in [2.05, 4.69) is 15.3 Å². The maximum absolute atomic E-state index is 10.8. The SMILES string of the molecule is CC(=O)Nc1ncnc(Cl)c1CC(=O)O. The van der Waals surface area contributed by atoms with E-state index in [1.807, 2.05) is 0 Å². The first-order valence-corrected chi connectivity index (χ1v) is 4.37. The highest BCUT2D eigenvalue weighted by molar-refractivity contribution is 6.30. The molecule has 0 fully saturated rings. The first kappa shape index (κ1) is 11.4.